The molecule has 2 aliphatic carbocycles. The van der Waals surface area contributed by atoms with Crippen molar-refractivity contribution in [2.24, 2.45) is 11.8 Å². The predicted molar refractivity (Wildman–Crippen MR) is 94.7 cm³/mol. The number of pyridine rings is 1. The molecule has 6 heteroatoms. The summed E-state index contributed by atoms with van der Waals surface area (Å²) in [6, 6.07) is 4.65. The van der Waals surface area contributed by atoms with E-state index in [1.165, 1.54) is 25.7 Å². The second-order valence-electron chi connectivity index (χ2n) is 7.08. The van der Waals surface area contributed by atoms with Gasteiger partial charge < -0.3 is 10.6 Å². The standard InChI is InChI=1S/C18H24N6/c1-11(13-3-4-13)20-17-22-16(15-7-9-19-10-8-15)23-18(24-17)21-12(2)14-5-6-14/h7-14H,3-6H2,1-2H3,(H2,20,21,22,23,24)/t11-,12-/m1/s1. The number of hydrogen-bond acceptors (Lipinski definition) is 6. The van der Waals surface area contributed by atoms with Gasteiger partial charge in [0.25, 0.3) is 0 Å². The first-order valence-electron chi connectivity index (χ1n) is 8.88. The summed E-state index contributed by atoms with van der Waals surface area (Å²) < 4.78 is 0. The highest BCUT2D eigenvalue weighted by Gasteiger charge is 2.30. The van der Waals surface area contributed by atoms with Crippen LogP contribution in [0.3, 0.4) is 0 Å². The van der Waals surface area contributed by atoms with Crippen molar-refractivity contribution in [3.8, 4) is 11.4 Å². The molecule has 0 radical (unpaired) electrons. The molecule has 0 aliphatic heterocycles. The number of hydrogen-bond donors (Lipinski definition) is 2. The quantitative estimate of drug-likeness (QED) is 0.813. The Balaban J connectivity index is 1.61. The zero-order chi connectivity index (χ0) is 16.5. The smallest absolute Gasteiger partial charge is 0.228 e. The van der Waals surface area contributed by atoms with Crippen LogP contribution in [0, 0.1) is 11.8 Å². The van der Waals surface area contributed by atoms with Gasteiger partial charge in [0.15, 0.2) is 5.82 Å². The molecular weight excluding hydrogens is 300 g/mol. The molecule has 2 aromatic heterocycles. The summed E-state index contributed by atoms with van der Waals surface area (Å²) in [5.41, 5.74) is 0.955. The van der Waals surface area contributed by atoms with Crippen molar-refractivity contribution in [3.05, 3.63) is 24.5 Å². The van der Waals surface area contributed by atoms with E-state index in [1.807, 2.05) is 12.1 Å². The lowest BCUT2D eigenvalue weighted by molar-refractivity contribution is 0.676. The van der Waals surface area contributed by atoms with Crippen molar-refractivity contribution in [3.63, 3.8) is 0 Å². The van der Waals surface area contributed by atoms with E-state index in [4.69, 9.17) is 0 Å². The number of nitrogens with one attached hydrogen (secondary N) is 2. The van der Waals surface area contributed by atoms with E-state index < -0.39 is 0 Å². The highest BCUT2D eigenvalue weighted by Crippen LogP contribution is 2.35. The molecule has 2 aliphatic rings. The van der Waals surface area contributed by atoms with E-state index in [2.05, 4.69) is 44.4 Å². The average Bonchev–Trinajstić information content (AvgIpc) is 3.48. The molecule has 2 saturated carbocycles. The summed E-state index contributed by atoms with van der Waals surface area (Å²) >= 11 is 0. The summed E-state index contributed by atoms with van der Waals surface area (Å²) in [4.78, 5) is 17.9. The van der Waals surface area contributed by atoms with Crippen LogP contribution in [0.25, 0.3) is 11.4 Å². The van der Waals surface area contributed by atoms with E-state index >= 15 is 0 Å². The topological polar surface area (TPSA) is 75.6 Å². The lowest BCUT2D eigenvalue weighted by atomic mass is 10.2. The maximum atomic E-state index is 4.62. The Bertz CT molecular complexity index is 658. The van der Waals surface area contributed by atoms with E-state index in [-0.39, 0.29) is 0 Å². The maximum absolute atomic E-state index is 4.62. The zero-order valence-corrected chi connectivity index (χ0v) is 14.2. The Hall–Kier alpha value is -2.24. The van der Waals surface area contributed by atoms with E-state index in [9.17, 15) is 0 Å². The van der Waals surface area contributed by atoms with Crippen molar-refractivity contribution in [1.82, 2.24) is 19.9 Å². The van der Waals surface area contributed by atoms with Crippen LogP contribution in [-0.2, 0) is 0 Å². The van der Waals surface area contributed by atoms with E-state index in [0.29, 0.717) is 29.8 Å². The molecule has 0 aromatic carbocycles. The Morgan fingerprint density at radius 3 is 1.79 bits per heavy atom. The summed E-state index contributed by atoms with van der Waals surface area (Å²) in [6.07, 6.45) is 8.69. The zero-order valence-electron chi connectivity index (χ0n) is 14.2. The van der Waals surface area contributed by atoms with Gasteiger partial charge in [0.05, 0.1) is 0 Å². The molecule has 4 rings (SSSR count). The van der Waals surface area contributed by atoms with Crippen LogP contribution >= 0.6 is 0 Å². The second kappa shape index (κ2) is 6.34. The largest absolute Gasteiger partial charge is 0.351 e. The molecule has 0 spiro atoms. The summed E-state index contributed by atoms with van der Waals surface area (Å²) in [5, 5.41) is 6.91. The minimum atomic E-state index is 0.395. The lowest BCUT2D eigenvalue weighted by Crippen LogP contribution is -2.22. The number of aromatic nitrogens is 4. The molecule has 2 N–H and O–H groups in total. The normalized spacial score (nSPS) is 19.6. The summed E-state index contributed by atoms with van der Waals surface area (Å²) in [6.45, 7) is 4.40. The van der Waals surface area contributed by atoms with Gasteiger partial charge in [-0.25, -0.2) is 0 Å². The highest BCUT2D eigenvalue weighted by molar-refractivity contribution is 5.57. The van der Waals surface area contributed by atoms with Crippen LogP contribution < -0.4 is 10.6 Å². The van der Waals surface area contributed by atoms with Gasteiger partial charge in [-0.05, 0) is 63.5 Å². The third kappa shape index (κ3) is 3.63. The molecule has 126 valence electrons. The lowest BCUT2D eigenvalue weighted by Gasteiger charge is -2.17. The SMILES string of the molecule is C[C@@H](Nc1nc(N[C@H](C)C2CC2)nc(-c2ccncc2)n1)C1CC1. The van der Waals surface area contributed by atoms with Crippen LogP contribution in [0.5, 0.6) is 0 Å². The Kier molecular flexibility index (Phi) is 4.04. The van der Waals surface area contributed by atoms with Crippen molar-refractivity contribution in [1.29, 1.82) is 0 Å². The van der Waals surface area contributed by atoms with E-state index in [0.717, 1.165) is 17.4 Å². The molecule has 0 amide bonds. The molecule has 24 heavy (non-hydrogen) atoms. The first kappa shape index (κ1) is 15.3. The van der Waals surface area contributed by atoms with Crippen molar-refractivity contribution < 1.29 is 0 Å². The van der Waals surface area contributed by atoms with Gasteiger partial charge in [-0.3, -0.25) is 4.98 Å². The minimum Gasteiger partial charge on any atom is -0.351 e. The molecular formula is C18H24N6. The van der Waals surface area contributed by atoms with Crippen LogP contribution in [0.15, 0.2) is 24.5 Å². The van der Waals surface area contributed by atoms with Crippen LogP contribution in [0.4, 0.5) is 11.9 Å². The summed E-state index contributed by atoms with van der Waals surface area (Å²) in [7, 11) is 0. The molecule has 0 unspecified atom stereocenters. The van der Waals surface area contributed by atoms with Crippen LogP contribution in [0.2, 0.25) is 0 Å². The Morgan fingerprint density at radius 1 is 0.833 bits per heavy atom. The fraction of sp³-hybridized carbons (Fsp3) is 0.556. The third-order valence-electron chi connectivity index (χ3n) is 4.95. The number of rotatable bonds is 7. The molecule has 0 bridgehead atoms. The summed E-state index contributed by atoms with van der Waals surface area (Å²) in [5.74, 6) is 3.48. The highest BCUT2D eigenvalue weighted by atomic mass is 15.2. The molecule has 2 heterocycles. The third-order valence-corrected chi connectivity index (χ3v) is 4.95. The molecule has 2 atom stereocenters. The Morgan fingerprint density at radius 2 is 1.33 bits per heavy atom. The molecule has 2 fully saturated rings. The minimum absolute atomic E-state index is 0.395. The van der Waals surface area contributed by atoms with Crippen molar-refractivity contribution in [2.45, 2.75) is 51.6 Å². The predicted octanol–water partition coefficient (Wildman–Crippen LogP) is 3.35. The van der Waals surface area contributed by atoms with Gasteiger partial charge in [-0.2, -0.15) is 15.0 Å². The van der Waals surface area contributed by atoms with Crippen LogP contribution in [0.1, 0.15) is 39.5 Å². The van der Waals surface area contributed by atoms with Gasteiger partial charge in [-0.1, -0.05) is 0 Å². The van der Waals surface area contributed by atoms with Gasteiger partial charge in [0.1, 0.15) is 0 Å². The number of nitrogens with zero attached hydrogens (tertiary/aromatic N) is 4. The first-order valence-corrected chi connectivity index (χ1v) is 8.88. The molecule has 6 nitrogen and oxygen atoms in total. The fourth-order valence-electron chi connectivity index (χ4n) is 2.97. The Labute approximate surface area is 142 Å². The van der Waals surface area contributed by atoms with Crippen LogP contribution in [-0.4, -0.2) is 32.0 Å². The number of anilines is 2. The molecule has 2 aromatic rings. The van der Waals surface area contributed by atoms with Crippen molar-refractivity contribution in [2.75, 3.05) is 10.6 Å². The second-order valence-corrected chi connectivity index (χ2v) is 7.08. The fourth-order valence-corrected chi connectivity index (χ4v) is 2.97. The van der Waals surface area contributed by atoms with Crippen molar-refractivity contribution >= 4 is 11.9 Å². The van der Waals surface area contributed by atoms with Gasteiger partial charge in [0, 0.05) is 30.0 Å². The maximum Gasteiger partial charge on any atom is 0.228 e. The first-order chi connectivity index (χ1) is 11.7. The van der Waals surface area contributed by atoms with Gasteiger partial charge >= 0.3 is 0 Å². The average molecular weight is 324 g/mol. The monoisotopic (exact) mass is 324 g/mol. The van der Waals surface area contributed by atoms with Gasteiger partial charge in [-0.15, -0.1) is 0 Å². The van der Waals surface area contributed by atoms with Gasteiger partial charge in [0.2, 0.25) is 11.9 Å². The molecule has 0 saturated heterocycles. The van der Waals surface area contributed by atoms with E-state index in [1.54, 1.807) is 12.4 Å².